The number of anilines is 1. The lowest BCUT2D eigenvalue weighted by Gasteiger charge is -2.40. The SMILES string of the molecule is C[C@]12CCC(CN(c3nc(OC[C@]4(CN[C@@H]5CC[C@H](O)C5)CC4(F)F)nc4c(F)c(-c5cc(O)cc6cccc(Cl)c56)c(F)cc34)C1)N2. The zero-order valence-electron chi connectivity index (χ0n) is 26.3. The molecule has 8 rings (SSSR count). The minimum Gasteiger partial charge on any atom is -0.508 e. The number of aromatic nitrogens is 2. The van der Waals surface area contributed by atoms with E-state index in [2.05, 4.69) is 27.5 Å². The van der Waals surface area contributed by atoms with Crippen molar-refractivity contribution in [1.82, 2.24) is 20.6 Å². The summed E-state index contributed by atoms with van der Waals surface area (Å²) in [5.41, 5.74) is -2.38. The molecule has 2 bridgehead atoms. The fraction of sp³-hybridized carbons (Fsp3) is 0.486. The molecular formula is C35H36ClF4N5O3. The summed E-state index contributed by atoms with van der Waals surface area (Å²) in [6.07, 6.45) is 2.83. The second kappa shape index (κ2) is 11.3. The third-order valence-corrected chi connectivity index (χ3v) is 11.0. The van der Waals surface area contributed by atoms with Crippen LogP contribution in [0.15, 0.2) is 36.4 Å². The van der Waals surface area contributed by atoms with Crippen LogP contribution >= 0.6 is 11.6 Å². The molecule has 2 saturated carbocycles. The van der Waals surface area contributed by atoms with E-state index in [9.17, 15) is 19.0 Å². The molecular weight excluding hydrogens is 650 g/mol. The predicted octanol–water partition coefficient (Wildman–Crippen LogP) is 6.33. The number of aliphatic hydroxyl groups excluding tert-OH is 1. The van der Waals surface area contributed by atoms with Gasteiger partial charge in [0, 0.05) is 65.0 Å². The van der Waals surface area contributed by atoms with Gasteiger partial charge in [-0.25, -0.2) is 17.6 Å². The number of nitrogens with zero attached hydrogens (tertiary/aromatic N) is 3. The van der Waals surface area contributed by atoms with Gasteiger partial charge in [0.15, 0.2) is 5.82 Å². The zero-order chi connectivity index (χ0) is 33.6. The zero-order valence-corrected chi connectivity index (χ0v) is 27.1. The Bertz CT molecular complexity index is 1950. The van der Waals surface area contributed by atoms with Gasteiger partial charge >= 0.3 is 6.01 Å². The molecule has 4 aliphatic rings. The van der Waals surface area contributed by atoms with Crippen LogP contribution in [0, 0.1) is 17.0 Å². The smallest absolute Gasteiger partial charge is 0.319 e. The molecule has 4 fully saturated rings. The molecule has 2 aliphatic carbocycles. The van der Waals surface area contributed by atoms with Crippen molar-refractivity contribution in [2.75, 3.05) is 31.1 Å². The van der Waals surface area contributed by atoms with E-state index < -0.39 is 47.7 Å². The largest absolute Gasteiger partial charge is 0.508 e. The van der Waals surface area contributed by atoms with E-state index in [4.69, 9.17) is 16.3 Å². The summed E-state index contributed by atoms with van der Waals surface area (Å²) in [6.45, 7) is 2.68. The number of aliphatic hydroxyl groups is 1. The number of rotatable bonds is 8. The van der Waals surface area contributed by atoms with E-state index in [0.717, 1.165) is 12.8 Å². The maximum atomic E-state index is 16.8. The number of fused-ring (bicyclic) bond motifs is 4. The Morgan fingerprint density at radius 1 is 1.15 bits per heavy atom. The highest BCUT2D eigenvalue weighted by atomic mass is 35.5. The number of hydrogen-bond donors (Lipinski definition) is 4. The fourth-order valence-electron chi connectivity index (χ4n) is 8.05. The second-order valence-corrected chi connectivity index (χ2v) is 14.8. The summed E-state index contributed by atoms with van der Waals surface area (Å²) in [5.74, 6) is -4.84. The van der Waals surface area contributed by atoms with Gasteiger partial charge in [-0.05, 0) is 68.7 Å². The first kappa shape index (κ1) is 31.8. The van der Waals surface area contributed by atoms with E-state index in [1.54, 1.807) is 18.2 Å². The van der Waals surface area contributed by atoms with Crippen molar-refractivity contribution < 1.29 is 32.5 Å². The number of alkyl halides is 2. The highest BCUT2D eigenvalue weighted by molar-refractivity contribution is 6.36. The minimum absolute atomic E-state index is 0.0231. The van der Waals surface area contributed by atoms with Crippen LogP contribution in [0.5, 0.6) is 11.8 Å². The van der Waals surface area contributed by atoms with Crippen molar-refractivity contribution >= 4 is 39.1 Å². The van der Waals surface area contributed by atoms with Gasteiger partial charge in [0.2, 0.25) is 0 Å². The van der Waals surface area contributed by atoms with E-state index in [-0.39, 0.29) is 63.2 Å². The van der Waals surface area contributed by atoms with Gasteiger partial charge in [0.1, 0.15) is 29.5 Å². The van der Waals surface area contributed by atoms with Crippen LogP contribution in [0.2, 0.25) is 5.02 Å². The first-order valence-electron chi connectivity index (χ1n) is 16.4. The molecule has 13 heteroatoms. The Morgan fingerprint density at radius 2 is 1.96 bits per heavy atom. The van der Waals surface area contributed by atoms with Crippen molar-refractivity contribution in [2.24, 2.45) is 5.41 Å². The summed E-state index contributed by atoms with van der Waals surface area (Å²) in [7, 11) is 0. The lowest BCUT2D eigenvalue weighted by Crippen LogP contribution is -2.58. The van der Waals surface area contributed by atoms with Crippen molar-refractivity contribution in [1.29, 1.82) is 0 Å². The van der Waals surface area contributed by atoms with Crippen molar-refractivity contribution in [3.05, 3.63) is 53.1 Å². The summed E-state index contributed by atoms with van der Waals surface area (Å²) >= 11 is 6.51. The lowest BCUT2D eigenvalue weighted by atomic mass is 9.95. The Morgan fingerprint density at radius 3 is 2.69 bits per heavy atom. The van der Waals surface area contributed by atoms with E-state index in [0.29, 0.717) is 43.1 Å². The van der Waals surface area contributed by atoms with Crippen LogP contribution in [0.1, 0.15) is 45.4 Å². The summed E-state index contributed by atoms with van der Waals surface area (Å²) < 4.78 is 68.6. The molecule has 3 aromatic carbocycles. The maximum Gasteiger partial charge on any atom is 0.319 e. The summed E-state index contributed by atoms with van der Waals surface area (Å²) in [4.78, 5) is 10.9. The highest BCUT2D eigenvalue weighted by Crippen LogP contribution is 2.60. The van der Waals surface area contributed by atoms with Crippen LogP contribution < -0.4 is 20.3 Å². The first-order valence-corrected chi connectivity index (χ1v) is 16.8. The third-order valence-electron chi connectivity index (χ3n) is 10.7. The molecule has 0 amide bonds. The molecule has 0 spiro atoms. The van der Waals surface area contributed by atoms with Gasteiger partial charge in [-0.15, -0.1) is 0 Å². The van der Waals surface area contributed by atoms with E-state index in [1.165, 1.54) is 18.2 Å². The maximum absolute atomic E-state index is 16.8. The molecule has 2 aliphatic heterocycles. The third kappa shape index (κ3) is 5.41. The van der Waals surface area contributed by atoms with Gasteiger partial charge in [0.05, 0.1) is 17.1 Å². The summed E-state index contributed by atoms with van der Waals surface area (Å²) in [6, 6.07) is 8.64. The summed E-state index contributed by atoms with van der Waals surface area (Å²) in [5, 5.41) is 28.4. The van der Waals surface area contributed by atoms with Crippen molar-refractivity contribution in [3.8, 4) is 22.9 Å². The minimum atomic E-state index is -2.99. The molecule has 2 saturated heterocycles. The van der Waals surface area contributed by atoms with Crippen LogP contribution in [0.4, 0.5) is 23.4 Å². The Kier molecular flexibility index (Phi) is 7.48. The Hall–Kier alpha value is -3.45. The van der Waals surface area contributed by atoms with E-state index >= 15 is 8.78 Å². The van der Waals surface area contributed by atoms with Crippen LogP contribution in [-0.2, 0) is 0 Å². The Balaban J connectivity index is 1.22. The van der Waals surface area contributed by atoms with Crippen LogP contribution in [-0.4, -0.2) is 76.1 Å². The normalized spacial score (nSPS) is 29.2. The molecule has 1 aromatic heterocycles. The van der Waals surface area contributed by atoms with Crippen LogP contribution in [0.3, 0.4) is 0 Å². The standard InChI is InChI=1S/C35H36ClF4N5O3/c1-33-8-7-20(44-33)13-45(16-33)31-24-12-26(37)28(23-11-22(47)9-18-3-2-4-25(36)27(18)23)29(38)30(24)42-32(43-31)48-17-34(14-35(34,39)40)15-41-19-5-6-21(46)10-19/h2-4,9,11-12,19-21,41,44,46-47H,5-8,10,13-17H2,1H3/t19-,20?,21+,33+,34-/m1/s1. The number of halogens is 5. The average Bonchev–Trinajstić information content (AvgIpc) is 3.23. The number of ether oxygens (including phenoxy) is 1. The highest BCUT2D eigenvalue weighted by Gasteiger charge is 2.71. The number of aromatic hydroxyl groups is 1. The van der Waals surface area contributed by atoms with Gasteiger partial charge in [-0.1, -0.05) is 23.7 Å². The number of hydrogen-bond acceptors (Lipinski definition) is 8. The monoisotopic (exact) mass is 685 g/mol. The van der Waals surface area contributed by atoms with Crippen LogP contribution in [0.25, 0.3) is 32.8 Å². The second-order valence-electron chi connectivity index (χ2n) is 14.4. The number of benzene rings is 3. The molecule has 4 aromatic rings. The molecule has 0 radical (unpaired) electrons. The van der Waals surface area contributed by atoms with Crippen molar-refractivity contribution in [3.63, 3.8) is 0 Å². The van der Waals surface area contributed by atoms with E-state index in [1.807, 2.05) is 4.90 Å². The number of nitrogens with one attached hydrogen (secondary N) is 2. The fourth-order valence-corrected chi connectivity index (χ4v) is 8.33. The first-order chi connectivity index (χ1) is 22.8. The molecule has 4 N–H and O–H groups in total. The van der Waals surface area contributed by atoms with Gasteiger partial charge in [0.25, 0.3) is 5.92 Å². The van der Waals surface area contributed by atoms with Crippen molar-refractivity contribution in [2.45, 2.75) is 75.1 Å². The van der Waals surface area contributed by atoms with Gasteiger partial charge in [-0.3, -0.25) is 0 Å². The molecule has 1 unspecified atom stereocenters. The lowest BCUT2D eigenvalue weighted by molar-refractivity contribution is 0.0391. The number of piperazine rings is 1. The number of phenols is 1. The molecule has 8 nitrogen and oxygen atoms in total. The predicted molar refractivity (Wildman–Crippen MR) is 175 cm³/mol. The molecule has 254 valence electrons. The molecule has 3 heterocycles. The molecule has 5 atom stereocenters. The molecule has 48 heavy (non-hydrogen) atoms. The Labute approximate surface area is 279 Å². The van der Waals surface area contributed by atoms with Gasteiger partial charge in [-0.2, -0.15) is 9.97 Å². The average molecular weight is 686 g/mol. The quantitative estimate of drug-likeness (QED) is 0.160. The van der Waals surface area contributed by atoms with Gasteiger partial charge < -0.3 is 30.5 Å². The topological polar surface area (TPSA) is 103 Å². The number of phenolic OH excluding ortho intramolecular Hbond substituents is 1.